The molecule has 8 nitrogen and oxygen atoms in total. The van der Waals surface area contributed by atoms with Crippen LogP contribution in [0.2, 0.25) is 0 Å². The Labute approximate surface area is 178 Å². The highest BCUT2D eigenvalue weighted by atomic mass is 16.5. The number of piperidine rings is 1. The van der Waals surface area contributed by atoms with Gasteiger partial charge in [-0.1, -0.05) is 0 Å². The Morgan fingerprint density at radius 1 is 1.13 bits per heavy atom. The molecule has 0 radical (unpaired) electrons. The lowest BCUT2D eigenvalue weighted by atomic mass is 9.83. The first-order valence-corrected chi connectivity index (χ1v) is 10.3. The molecule has 0 bridgehead atoms. The highest BCUT2D eigenvalue weighted by Gasteiger charge is 2.41. The van der Waals surface area contributed by atoms with Crippen LogP contribution in [0.4, 0.5) is 0 Å². The van der Waals surface area contributed by atoms with Gasteiger partial charge in [0.05, 0.1) is 25.9 Å². The van der Waals surface area contributed by atoms with Crippen LogP contribution < -0.4 is 9.47 Å². The standard InChI is InChI=1S/C22H32N2O6/c1-23(2)20(25)15-29-17-5-10-30-22(14-17)6-8-24(9-7-22)21(26)16-11-18(27-3)13-19(12-16)28-4/h11-13,17H,5-10,14-15H2,1-4H3. The average Bonchev–Trinajstić information content (AvgIpc) is 2.77. The number of carbonyl (C=O) groups excluding carboxylic acids is 2. The fourth-order valence-corrected chi connectivity index (χ4v) is 4.02. The highest BCUT2D eigenvalue weighted by molar-refractivity contribution is 5.95. The topological polar surface area (TPSA) is 77.5 Å². The summed E-state index contributed by atoms with van der Waals surface area (Å²) in [6.07, 6.45) is 3.05. The van der Waals surface area contributed by atoms with Crippen molar-refractivity contribution >= 4 is 11.8 Å². The molecule has 8 heteroatoms. The van der Waals surface area contributed by atoms with Gasteiger partial charge in [0.15, 0.2) is 0 Å². The third-order valence-electron chi connectivity index (χ3n) is 5.95. The summed E-state index contributed by atoms with van der Waals surface area (Å²) in [5.41, 5.74) is 0.266. The zero-order chi connectivity index (χ0) is 21.7. The second kappa shape index (κ2) is 9.66. The van der Waals surface area contributed by atoms with Crippen LogP contribution in [0.3, 0.4) is 0 Å². The number of rotatable bonds is 6. The number of methoxy groups -OCH3 is 2. The van der Waals surface area contributed by atoms with E-state index in [4.69, 9.17) is 18.9 Å². The molecule has 2 saturated heterocycles. The molecule has 1 aromatic rings. The van der Waals surface area contributed by atoms with Gasteiger partial charge in [0.2, 0.25) is 5.91 Å². The van der Waals surface area contributed by atoms with E-state index in [0.29, 0.717) is 36.8 Å². The van der Waals surface area contributed by atoms with Crippen LogP contribution in [0.15, 0.2) is 18.2 Å². The lowest BCUT2D eigenvalue weighted by molar-refractivity contribution is -0.160. The largest absolute Gasteiger partial charge is 0.497 e. The van der Waals surface area contributed by atoms with Gasteiger partial charge >= 0.3 is 0 Å². The normalized spacial score (nSPS) is 20.7. The summed E-state index contributed by atoms with van der Waals surface area (Å²) in [5.74, 6) is 1.11. The van der Waals surface area contributed by atoms with Gasteiger partial charge in [0, 0.05) is 51.8 Å². The molecule has 0 aromatic heterocycles. The summed E-state index contributed by atoms with van der Waals surface area (Å²) in [4.78, 5) is 28.2. The van der Waals surface area contributed by atoms with Crippen molar-refractivity contribution in [2.45, 2.75) is 37.4 Å². The minimum Gasteiger partial charge on any atom is -0.497 e. The summed E-state index contributed by atoms with van der Waals surface area (Å²) in [7, 11) is 6.58. The second-order valence-electron chi connectivity index (χ2n) is 8.14. The van der Waals surface area contributed by atoms with E-state index in [1.54, 1.807) is 46.5 Å². The number of benzene rings is 1. The van der Waals surface area contributed by atoms with E-state index < -0.39 is 0 Å². The summed E-state index contributed by atoms with van der Waals surface area (Å²) >= 11 is 0. The number of likely N-dealkylation sites (N-methyl/N-ethyl adjacent to an activating group) is 1. The van der Waals surface area contributed by atoms with Crippen LogP contribution >= 0.6 is 0 Å². The van der Waals surface area contributed by atoms with Gasteiger partial charge in [-0.25, -0.2) is 0 Å². The van der Waals surface area contributed by atoms with Crippen LogP contribution in [-0.4, -0.2) is 87.9 Å². The molecular formula is C22H32N2O6. The Bertz CT molecular complexity index is 736. The van der Waals surface area contributed by atoms with Crippen molar-refractivity contribution in [3.05, 3.63) is 23.8 Å². The zero-order valence-corrected chi connectivity index (χ0v) is 18.3. The molecule has 2 amide bonds. The molecule has 0 N–H and O–H groups in total. The third-order valence-corrected chi connectivity index (χ3v) is 5.95. The molecule has 1 aromatic carbocycles. The lowest BCUT2D eigenvalue weighted by Crippen LogP contribution is -2.52. The second-order valence-corrected chi connectivity index (χ2v) is 8.14. The Kier molecular flexibility index (Phi) is 7.20. The van der Waals surface area contributed by atoms with Crippen molar-refractivity contribution in [2.75, 3.05) is 54.6 Å². The van der Waals surface area contributed by atoms with E-state index >= 15 is 0 Å². The fourth-order valence-electron chi connectivity index (χ4n) is 4.02. The fraction of sp³-hybridized carbons (Fsp3) is 0.636. The SMILES string of the molecule is COc1cc(OC)cc(C(=O)N2CCC3(CC2)CC(OCC(=O)N(C)C)CCO3)c1. The van der Waals surface area contributed by atoms with Gasteiger partial charge in [-0.15, -0.1) is 0 Å². The van der Waals surface area contributed by atoms with Crippen molar-refractivity contribution in [1.29, 1.82) is 0 Å². The predicted octanol–water partition coefficient (Wildman–Crippen LogP) is 1.96. The monoisotopic (exact) mass is 420 g/mol. The van der Waals surface area contributed by atoms with E-state index in [2.05, 4.69) is 0 Å². The smallest absolute Gasteiger partial charge is 0.254 e. The van der Waals surface area contributed by atoms with Gasteiger partial charge in [0.25, 0.3) is 5.91 Å². The number of carbonyl (C=O) groups is 2. The molecule has 1 spiro atoms. The maximum atomic E-state index is 13.0. The number of hydrogen-bond donors (Lipinski definition) is 0. The molecule has 2 heterocycles. The first-order chi connectivity index (χ1) is 14.4. The Hall–Kier alpha value is -2.32. The molecule has 166 valence electrons. The van der Waals surface area contributed by atoms with Crippen LogP contribution in [0.25, 0.3) is 0 Å². The molecule has 0 aliphatic carbocycles. The van der Waals surface area contributed by atoms with Crippen molar-refractivity contribution in [1.82, 2.24) is 9.80 Å². The van der Waals surface area contributed by atoms with Crippen molar-refractivity contribution < 1.29 is 28.5 Å². The molecule has 3 rings (SSSR count). The summed E-state index contributed by atoms with van der Waals surface area (Å²) in [6.45, 7) is 1.93. The molecule has 2 aliphatic rings. The average molecular weight is 421 g/mol. The first-order valence-electron chi connectivity index (χ1n) is 10.3. The number of amides is 2. The molecule has 2 fully saturated rings. The van der Waals surface area contributed by atoms with Gasteiger partial charge in [-0.2, -0.15) is 0 Å². The number of hydrogen-bond acceptors (Lipinski definition) is 6. The molecule has 30 heavy (non-hydrogen) atoms. The maximum Gasteiger partial charge on any atom is 0.254 e. The van der Waals surface area contributed by atoms with Crippen LogP contribution in [0, 0.1) is 0 Å². The van der Waals surface area contributed by atoms with Gasteiger partial charge in [-0.05, 0) is 31.4 Å². The van der Waals surface area contributed by atoms with Crippen LogP contribution in [-0.2, 0) is 14.3 Å². The van der Waals surface area contributed by atoms with Crippen molar-refractivity contribution in [3.63, 3.8) is 0 Å². The number of nitrogens with zero attached hydrogens (tertiary/aromatic N) is 2. The minimum atomic E-state index is -0.285. The highest BCUT2D eigenvalue weighted by Crippen LogP contribution is 2.36. The minimum absolute atomic E-state index is 0.00699. The van der Waals surface area contributed by atoms with E-state index in [-0.39, 0.29) is 30.1 Å². The van der Waals surface area contributed by atoms with E-state index in [9.17, 15) is 9.59 Å². The van der Waals surface area contributed by atoms with Gasteiger partial charge in [0.1, 0.15) is 18.1 Å². The van der Waals surface area contributed by atoms with Crippen LogP contribution in [0.1, 0.15) is 36.0 Å². The van der Waals surface area contributed by atoms with Gasteiger partial charge < -0.3 is 28.7 Å². The third kappa shape index (κ3) is 5.23. The number of ether oxygens (including phenoxy) is 4. The quantitative estimate of drug-likeness (QED) is 0.700. The Morgan fingerprint density at radius 2 is 1.77 bits per heavy atom. The molecular weight excluding hydrogens is 388 g/mol. The molecule has 0 saturated carbocycles. The predicted molar refractivity (Wildman–Crippen MR) is 111 cm³/mol. The lowest BCUT2D eigenvalue weighted by Gasteiger charge is -2.46. The first kappa shape index (κ1) is 22.4. The summed E-state index contributed by atoms with van der Waals surface area (Å²) in [6, 6.07) is 5.22. The molecule has 1 unspecified atom stereocenters. The molecule has 1 atom stereocenters. The molecule has 2 aliphatic heterocycles. The number of likely N-dealkylation sites (tertiary alicyclic amines) is 1. The zero-order valence-electron chi connectivity index (χ0n) is 18.3. The van der Waals surface area contributed by atoms with E-state index in [1.807, 2.05) is 4.90 Å². The summed E-state index contributed by atoms with van der Waals surface area (Å²) < 4.78 is 22.6. The Balaban J connectivity index is 1.58. The van der Waals surface area contributed by atoms with E-state index in [1.165, 1.54) is 4.90 Å². The van der Waals surface area contributed by atoms with E-state index in [0.717, 1.165) is 25.7 Å². The van der Waals surface area contributed by atoms with Crippen LogP contribution in [0.5, 0.6) is 11.5 Å². The van der Waals surface area contributed by atoms with Crippen molar-refractivity contribution in [2.24, 2.45) is 0 Å². The summed E-state index contributed by atoms with van der Waals surface area (Å²) in [5, 5.41) is 0. The Morgan fingerprint density at radius 3 is 2.33 bits per heavy atom. The van der Waals surface area contributed by atoms with Gasteiger partial charge in [-0.3, -0.25) is 9.59 Å². The maximum absolute atomic E-state index is 13.0. The van der Waals surface area contributed by atoms with Crippen molar-refractivity contribution in [3.8, 4) is 11.5 Å².